The molecule has 128 valence electrons. The summed E-state index contributed by atoms with van der Waals surface area (Å²) in [5, 5.41) is 3.12. The minimum atomic E-state index is -4.38. The summed E-state index contributed by atoms with van der Waals surface area (Å²) in [4.78, 5) is 15.4. The summed E-state index contributed by atoms with van der Waals surface area (Å²) in [6.07, 6.45) is -2.97. The van der Waals surface area contributed by atoms with E-state index in [-0.39, 0.29) is 11.5 Å². The lowest BCUT2D eigenvalue weighted by molar-refractivity contribution is -0.153. The van der Waals surface area contributed by atoms with Gasteiger partial charge < -0.3 is 10.1 Å². The number of aromatic nitrogens is 1. The van der Waals surface area contributed by atoms with E-state index < -0.39 is 12.8 Å². The van der Waals surface area contributed by atoms with E-state index in [2.05, 4.69) is 10.3 Å². The number of carbonyl (C=O) groups is 1. The normalized spacial score (nSPS) is 11.2. The Balaban J connectivity index is 2.03. The van der Waals surface area contributed by atoms with E-state index in [1.54, 1.807) is 31.2 Å². The van der Waals surface area contributed by atoms with Gasteiger partial charge in [-0.05, 0) is 44.2 Å². The van der Waals surface area contributed by atoms with Crippen LogP contribution in [0.1, 0.15) is 28.5 Å². The third-order valence-electron chi connectivity index (χ3n) is 3.40. The first-order valence-corrected chi connectivity index (χ1v) is 7.25. The maximum atomic E-state index is 12.3. The molecule has 0 bridgehead atoms. The summed E-state index contributed by atoms with van der Waals surface area (Å²) >= 11 is 0. The highest BCUT2D eigenvalue weighted by Gasteiger charge is 2.28. The van der Waals surface area contributed by atoms with Crippen molar-refractivity contribution in [1.29, 1.82) is 0 Å². The summed E-state index contributed by atoms with van der Waals surface area (Å²) < 4.78 is 41.6. The molecule has 4 nitrogen and oxygen atoms in total. The van der Waals surface area contributed by atoms with E-state index in [0.29, 0.717) is 23.4 Å². The second-order valence-electron chi connectivity index (χ2n) is 5.27. The number of carbonyl (C=O) groups excluding carboxylic acids is 1. The molecule has 1 N–H and O–H groups in total. The Morgan fingerprint density at radius 3 is 2.46 bits per heavy atom. The van der Waals surface area contributed by atoms with Gasteiger partial charge in [-0.2, -0.15) is 13.2 Å². The lowest BCUT2D eigenvalue weighted by Crippen LogP contribution is -2.20. The van der Waals surface area contributed by atoms with Crippen LogP contribution in [-0.2, 0) is 6.54 Å². The molecule has 0 unspecified atom stereocenters. The zero-order valence-electron chi connectivity index (χ0n) is 13.3. The minimum Gasteiger partial charge on any atom is -0.484 e. The SMILES string of the molecule is CC(=O)c1ccc(NCc2nccc(OCC(F)(F)F)c2C)cc1. The number of ketones is 1. The van der Waals surface area contributed by atoms with Gasteiger partial charge >= 0.3 is 6.18 Å². The van der Waals surface area contributed by atoms with Crippen molar-refractivity contribution in [3.8, 4) is 5.75 Å². The van der Waals surface area contributed by atoms with Crippen LogP contribution in [0.2, 0.25) is 0 Å². The number of nitrogens with one attached hydrogen (secondary N) is 1. The van der Waals surface area contributed by atoms with Crippen molar-refractivity contribution in [2.45, 2.75) is 26.6 Å². The molecule has 7 heteroatoms. The Morgan fingerprint density at radius 2 is 1.88 bits per heavy atom. The summed E-state index contributed by atoms with van der Waals surface area (Å²) in [6.45, 7) is 2.14. The zero-order valence-corrected chi connectivity index (χ0v) is 13.3. The zero-order chi connectivity index (χ0) is 17.7. The molecule has 2 aromatic rings. The molecule has 1 aromatic heterocycles. The van der Waals surface area contributed by atoms with Crippen LogP contribution in [0, 0.1) is 6.92 Å². The fourth-order valence-corrected chi connectivity index (χ4v) is 2.06. The smallest absolute Gasteiger partial charge is 0.422 e. The van der Waals surface area contributed by atoms with Crippen molar-refractivity contribution in [3.63, 3.8) is 0 Å². The van der Waals surface area contributed by atoms with Gasteiger partial charge in [0, 0.05) is 23.0 Å². The predicted octanol–water partition coefficient (Wildman–Crippen LogP) is 4.15. The number of rotatable bonds is 6. The van der Waals surface area contributed by atoms with Crippen LogP contribution >= 0.6 is 0 Å². The fourth-order valence-electron chi connectivity index (χ4n) is 2.06. The Labute approximate surface area is 137 Å². The number of anilines is 1. The number of halogens is 3. The van der Waals surface area contributed by atoms with Crippen molar-refractivity contribution in [3.05, 3.63) is 53.3 Å². The summed E-state index contributed by atoms with van der Waals surface area (Å²) in [6, 6.07) is 8.33. The van der Waals surface area contributed by atoms with Crippen molar-refractivity contribution in [2.75, 3.05) is 11.9 Å². The van der Waals surface area contributed by atoms with Gasteiger partial charge in [-0.25, -0.2) is 0 Å². The molecule has 0 aliphatic carbocycles. The number of alkyl halides is 3. The molecule has 0 aliphatic rings. The molecule has 0 radical (unpaired) electrons. The van der Waals surface area contributed by atoms with Crippen molar-refractivity contribution < 1.29 is 22.7 Å². The van der Waals surface area contributed by atoms with Gasteiger partial charge in [0.2, 0.25) is 0 Å². The van der Waals surface area contributed by atoms with Crippen LogP contribution in [0.25, 0.3) is 0 Å². The molecule has 0 amide bonds. The highest BCUT2D eigenvalue weighted by molar-refractivity contribution is 5.94. The second-order valence-corrected chi connectivity index (χ2v) is 5.27. The van der Waals surface area contributed by atoms with Gasteiger partial charge in [-0.3, -0.25) is 9.78 Å². The van der Waals surface area contributed by atoms with Crippen LogP contribution in [0.5, 0.6) is 5.75 Å². The lowest BCUT2D eigenvalue weighted by atomic mass is 10.1. The molecule has 2 rings (SSSR count). The summed E-state index contributed by atoms with van der Waals surface area (Å²) in [5.41, 5.74) is 2.53. The largest absolute Gasteiger partial charge is 0.484 e. The first kappa shape index (κ1) is 17.8. The molecule has 1 aromatic carbocycles. The van der Waals surface area contributed by atoms with E-state index in [4.69, 9.17) is 4.74 Å². The van der Waals surface area contributed by atoms with Gasteiger partial charge in [-0.15, -0.1) is 0 Å². The second kappa shape index (κ2) is 7.33. The molecule has 0 aliphatic heterocycles. The average molecular weight is 338 g/mol. The highest BCUT2D eigenvalue weighted by Crippen LogP contribution is 2.23. The number of Topliss-reactive ketones (excluding diaryl/α,β-unsaturated/α-hetero) is 1. The maximum absolute atomic E-state index is 12.3. The number of benzene rings is 1. The molecule has 0 atom stereocenters. The van der Waals surface area contributed by atoms with E-state index in [9.17, 15) is 18.0 Å². The highest BCUT2D eigenvalue weighted by atomic mass is 19.4. The Kier molecular flexibility index (Phi) is 5.43. The molecule has 24 heavy (non-hydrogen) atoms. The third kappa shape index (κ3) is 4.97. The van der Waals surface area contributed by atoms with Gasteiger partial charge in [0.1, 0.15) is 5.75 Å². The van der Waals surface area contributed by atoms with Crippen LogP contribution in [0.4, 0.5) is 18.9 Å². The van der Waals surface area contributed by atoms with Crippen LogP contribution in [-0.4, -0.2) is 23.6 Å². The van der Waals surface area contributed by atoms with Crippen LogP contribution in [0.3, 0.4) is 0 Å². The molecule has 0 fully saturated rings. The quantitative estimate of drug-likeness (QED) is 0.804. The van der Waals surface area contributed by atoms with Crippen molar-refractivity contribution >= 4 is 11.5 Å². The number of hydrogen-bond acceptors (Lipinski definition) is 4. The Hall–Kier alpha value is -2.57. The number of hydrogen-bond donors (Lipinski definition) is 1. The molecule has 0 saturated heterocycles. The number of pyridine rings is 1. The standard InChI is InChI=1S/C17H17F3N2O2/c1-11-15(21-8-7-16(11)24-10-17(18,19)20)9-22-14-5-3-13(4-6-14)12(2)23/h3-8,22H,9-10H2,1-2H3. The summed E-state index contributed by atoms with van der Waals surface area (Å²) in [7, 11) is 0. The topological polar surface area (TPSA) is 51.2 Å². The van der Waals surface area contributed by atoms with E-state index >= 15 is 0 Å². The fraction of sp³-hybridized carbons (Fsp3) is 0.294. The predicted molar refractivity (Wildman–Crippen MR) is 84.3 cm³/mol. The summed E-state index contributed by atoms with van der Waals surface area (Å²) in [5.74, 6) is 0.139. The van der Waals surface area contributed by atoms with Gasteiger partial charge in [0.05, 0.1) is 12.2 Å². The number of ether oxygens (including phenoxy) is 1. The van der Waals surface area contributed by atoms with Crippen LogP contribution < -0.4 is 10.1 Å². The van der Waals surface area contributed by atoms with E-state index in [0.717, 1.165) is 5.69 Å². The van der Waals surface area contributed by atoms with Crippen molar-refractivity contribution in [2.24, 2.45) is 0 Å². The van der Waals surface area contributed by atoms with Crippen LogP contribution in [0.15, 0.2) is 36.5 Å². The molecule has 0 saturated carbocycles. The molecular weight excluding hydrogens is 321 g/mol. The molecule has 1 heterocycles. The van der Waals surface area contributed by atoms with Gasteiger partial charge in [-0.1, -0.05) is 0 Å². The van der Waals surface area contributed by atoms with E-state index in [1.165, 1.54) is 19.2 Å². The first-order valence-electron chi connectivity index (χ1n) is 7.25. The Bertz CT molecular complexity index is 713. The average Bonchev–Trinajstić information content (AvgIpc) is 2.52. The Morgan fingerprint density at radius 1 is 1.21 bits per heavy atom. The van der Waals surface area contributed by atoms with Gasteiger partial charge in [0.25, 0.3) is 0 Å². The minimum absolute atomic E-state index is 0.0198. The third-order valence-corrected chi connectivity index (χ3v) is 3.40. The van der Waals surface area contributed by atoms with Gasteiger partial charge in [0.15, 0.2) is 12.4 Å². The number of nitrogens with zero attached hydrogens (tertiary/aromatic N) is 1. The molecule has 0 spiro atoms. The molecular formula is C17H17F3N2O2. The maximum Gasteiger partial charge on any atom is 0.422 e. The van der Waals surface area contributed by atoms with E-state index in [1.807, 2.05) is 0 Å². The van der Waals surface area contributed by atoms with Crippen molar-refractivity contribution in [1.82, 2.24) is 4.98 Å². The lowest BCUT2D eigenvalue weighted by Gasteiger charge is -2.14. The monoisotopic (exact) mass is 338 g/mol. The first-order chi connectivity index (χ1) is 11.3.